The van der Waals surface area contributed by atoms with E-state index in [1.807, 2.05) is 24.3 Å². The third-order valence-electron chi connectivity index (χ3n) is 3.72. The highest BCUT2D eigenvalue weighted by atomic mass is 16.6. The van der Waals surface area contributed by atoms with Gasteiger partial charge in [0, 0.05) is 18.9 Å². The summed E-state index contributed by atoms with van der Waals surface area (Å²) in [6, 6.07) is 2.54. The molecule has 1 aliphatic heterocycles. The molecule has 1 aromatic rings. The molecule has 0 saturated carbocycles. The lowest BCUT2D eigenvalue weighted by molar-refractivity contribution is 0.0343. The van der Waals surface area contributed by atoms with Crippen molar-refractivity contribution in [3.63, 3.8) is 0 Å². The van der Waals surface area contributed by atoms with Crippen LogP contribution in [0.25, 0.3) is 0 Å². The molecular formula is C19H23NO5. The van der Waals surface area contributed by atoms with Crippen LogP contribution in [0.5, 0.6) is 11.5 Å². The Balaban J connectivity index is 2.46. The molecule has 25 heavy (non-hydrogen) atoms. The lowest BCUT2D eigenvalue weighted by Crippen LogP contribution is -2.17. The zero-order valence-electron chi connectivity index (χ0n) is 14.4. The molecule has 0 saturated heterocycles. The van der Waals surface area contributed by atoms with Crippen molar-refractivity contribution >= 4 is 11.7 Å². The van der Waals surface area contributed by atoms with Gasteiger partial charge in [0.05, 0.1) is 5.71 Å². The van der Waals surface area contributed by atoms with Crippen LogP contribution < -0.4 is 0 Å². The summed E-state index contributed by atoms with van der Waals surface area (Å²) in [6.45, 7) is 1.79. The Morgan fingerprint density at radius 1 is 1.20 bits per heavy atom. The summed E-state index contributed by atoms with van der Waals surface area (Å²) in [6.07, 6.45) is 9.98. The van der Waals surface area contributed by atoms with Gasteiger partial charge in [-0.25, -0.2) is 4.79 Å². The van der Waals surface area contributed by atoms with Crippen LogP contribution in [0.3, 0.4) is 0 Å². The molecule has 0 aromatic heterocycles. The summed E-state index contributed by atoms with van der Waals surface area (Å²) in [5, 5.41) is 23.9. The molecule has 0 amide bonds. The van der Waals surface area contributed by atoms with Crippen molar-refractivity contribution in [2.75, 3.05) is 7.11 Å². The number of esters is 1. The highest BCUT2D eigenvalue weighted by Gasteiger charge is 2.22. The van der Waals surface area contributed by atoms with Crippen molar-refractivity contribution in [2.45, 2.75) is 38.7 Å². The minimum absolute atomic E-state index is 0.0305. The molecule has 2 N–H and O–H groups in total. The number of phenolic OH excluding ortho intramolecular Hbond substituents is 2. The van der Waals surface area contributed by atoms with Crippen molar-refractivity contribution in [3.05, 3.63) is 47.6 Å². The molecule has 1 aliphatic rings. The van der Waals surface area contributed by atoms with E-state index in [0.29, 0.717) is 17.7 Å². The number of ether oxygens (including phenoxy) is 1. The average Bonchev–Trinajstić information content (AvgIpc) is 2.52. The number of oxime groups is 1. The van der Waals surface area contributed by atoms with E-state index in [1.165, 1.54) is 13.2 Å². The lowest BCUT2D eigenvalue weighted by Gasteiger charge is -2.15. The molecule has 0 fully saturated rings. The normalized spacial score (nSPS) is 23.2. The smallest absolute Gasteiger partial charge is 0.342 e. The number of carbonyl (C=O) groups excluding carboxylic acids is 1. The first-order valence-corrected chi connectivity index (χ1v) is 8.18. The van der Waals surface area contributed by atoms with Crippen LogP contribution in [0.2, 0.25) is 0 Å². The van der Waals surface area contributed by atoms with E-state index in [0.717, 1.165) is 18.9 Å². The molecule has 0 aliphatic carbocycles. The number of carbonyl (C=O) groups is 1. The maximum atomic E-state index is 12.5. The number of fused-ring (bicyclic) bond motifs is 1. The predicted molar refractivity (Wildman–Crippen MR) is 94.9 cm³/mol. The predicted octanol–water partition coefficient (Wildman–Crippen LogP) is 3.48. The fourth-order valence-electron chi connectivity index (χ4n) is 2.59. The van der Waals surface area contributed by atoms with Crippen LogP contribution >= 0.6 is 0 Å². The van der Waals surface area contributed by atoms with Crippen LogP contribution in [0.1, 0.15) is 42.1 Å². The number of aromatic hydroxyl groups is 2. The van der Waals surface area contributed by atoms with Crippen LogP contribution in [-0.4, -0.2) is 35.1 Å². The summed E-state index contributed by atoms with van der Waals surface area (Å²) in [7, 11) is 1.44. The standard InChI is InChI=1S/C19H23NO5/c1-13-8-6-4-3-5-7-9-15(20-24-2)10-14-11-16(21)12-17(22)18(14)19(23)25-13/h4,6-7,9,11-13,21-22H,3,5,8,10H2,1-2H3/b6-4+,9-7+,20-15?. The summed E-state index contributed by atoms with van der Waals surface area (Å²) in [5.74, 6) is -1.09. The SMILES string of the molecule is CON=C1/C=C/CC/C=C/CC(C)OC(=O)c2c(O)cc(O)cc2C1. The van der Waals surface area contributed by atoms with Crippen molar-refractivity contribution < 1.29 is 24.6 Å². The molecule has 2 rings (SSSR count). The average molecular weight is 345 g/mol. The van der Waals surface area contributed by atoms with Gasteiger partial charge < -0.3 is 19.8 Å². The number of allylic oxidation sites excluding steroid dienone is 3. The fraction of sp³-hybridized carbons (Fsp3) is 0.368. The van der Waals surface area contributed by atoms with Gasteiger partial charge in [-0.1, -0.05) is 23.4 Å². The molecule has 1 aromatic carbocycles. The van der Waals surface area contributed by atoms with E-state index in [-0.39, 0.29) is 29.6 Å². The first-order valence-electron chi connectivity index (χ1n) is 8.18. The van der Waals surface area contributed by atoms with Gasteiger partial charge in [-0.15, -0.1) is 0 Å². The molecule has 1 atom stereocenters. The van der Waals surface area contributed by atoms with E-state index in [4.69, 9.17) is 9.57 Å². The highest BCUT2D eigenvalue weighted by molar-refractivity contribution is 6.00. The maximum Gasteiger partial charge on any atom is 0.342 e. The maximum absolute atomic E-state index is 12.5. The number of rotatable bonds is 1. The second-order valence-electron chi connectivity index (χ2n) is 5.84. The van der Waals surface area contributed by atoms with Crippen molar-refractivity contribution in [1.82, 2.24) is 0 Å². The molecular weight excluding hydrogens is 322 g/mol. The van der Waals surface area contributed by atoms with E-state index in [9.17, 15) is 15.0 Å². The van der Waals surface area contributed by atoms with E-state index in [2.05, 4.69) is 5.16 Å². The Hall–Kier alpha value is -2.76. The third-order valence-corrected chi connectivity index (χ3v) is 3.72. The van der Waals surface area contributed by atoms with Crippen molar-refractivity contribution in [2.24, 2.45) is 5.16 Å². The molecule has 1 heterocycles. The second-order valence-corrected chi connectivity index (χ2v) is 5.84. The largest absolute Gasteiger partial charge is 0.508 e. The quantitative estimate of drug-likeness (QED) is 0.462. The first-order chi connectivity index (χ1) is 12.0. The molecule has 6 nitrogen and oxygen atoms in total. The van der Waals surface area contributed by atoms with E-state index >= 15 is 0 Å². The van der Waals surface area contributed by atoms with E-state index < -0.39 is 5.97 Å². The number of nitrogens with zero attached hydrogens (tertiary/aromatic N) is 1. The van der Waals surface area contributed by atoms with Gasteiger partial charge in [0.2, 0.25) is 0 Å². The summed E-state index contributed by atoms with van der Waals surface area (Å²) in [5.41, 5.74) is 1.02. The monoisotopic (exact) mass is 345 g/mol. The first kappa shape index (κ1) is 18.6. The fourth-order valence-corrected chi connectivity index (χ4v) is 2.59. The molecule has 0 bridgehead atoms. The summed E-state index contributed by atoms with van der Waals surface area (Å²) < 4.78 is 5.42. The Kier molecular flexibility index (Phi) is 6.62. The van der Waals surface area contributed by atoms with Gasteiger partial charge in [0.25, 0.3) is 0 Å². The Morgan fingerprint density at radius 2 is 1.96 bits per heavy atom. The number of phenols is 2. The summed E-state index contributed by atoms with van der Waals surface area (Å²) in [4.78, 5) is 17.4. The van der Waals surface area contributed by atoms with Crippen LogP contribution in [0.15, 0.2) is 41.6 Å². The third kappa shape index (κ3) is 5.38. The minimum atomic E-state index is -0.633. The number of cyclic esters (lactones) is 1. The minimum Gasteiger partial charge on any atom is -0.508 e. The molecule has 134 valence electrons. The molecule has 6 heteroatoms. The van der Waals surface area contributed by atoms with Gasteiger partial charge in [-0.05, 0) is 37.5 Å². The van der Waals surface area contributed by atoms with Crippen LogP contribution in [0.4, 0.5) is 0 Å². The molecule has 0 radical (unpaired) electrons. The topological polar surface area (TPSA) is 88.4 Å². The van der Waals surface area contributed by atoms with Crippen LogP contribution in [0, 0.1) is 0 Å². The van der Waals surface area contributed by atoms with Gasteiger partial charge in [-0.2, -0.15) is 0 Å². The zero-order valence-corrected chi connectivity index (χ0v) is 14.4. The van der Waals surface area contributed by atoms with Crippen LogP contribution in [-0.2, 0) is 16.0 Å². The van der Waals surface area contributed by atoms with Gasteiger partial charge in [0.1, 0.15) is 30.3 Å². The second kappa shape index (κ2) is 8.92. The number of benzene rings is 1. The summed E-state index contributed by atoms with van der Waals surface area (Å²) >= 11 is 0. The van der Waals surface area contributed by atoms with Crippen molar-refractivity contribution in [3.8, 4) is 11.5 Å². The highest BCUT2D eigenvalue weighted by Crippen LogP contribution is 2.29. The lowest BCUT2D eigenvalue weighted by atomic mass is 9.99. The Labute approximate surface area is 147 Å². The number of hydrogen-bond donors (Lipinski definition) is 2. The van der Waals surface area contributed by atoms with Crippen molar-refractivity contribution in [1.29, 1.82) is 0 Å². The number of hydrogen-bond acceptors (Lipinski definition) is 6. The van der Waals surface area contributed by atoms with Gasteiger partial charge >= 0.3 is 5.97 Å². The Morgan fingerprint density at radius 3 is 2.72 bits per heavy atom. The Bertz CT molecular complexity index is 706. The zero-order chi connectivity index (χ0) is 18.2. The molecule has 0 spiro atoms. The van der Waals surface area contributed by atoms with Gasteiger partial charge in [0.15, 0.2) is 0 Å². The van der Waals surface area contributed by atoms with Gasteiger partial charge in [-0.3, -0.25) is 0 Å². The molecule has 1 unspecified atom stereocenters. The van der Waals surface area contributed by atoms with E-state index in [1.54, 1.807) is 6.92 Å².